The van der Waals surface area contributed by atoms with Crippen molar-refractivity contribution in [3.8, 4) is 0 Å². The Kier molecular flexibility index (Phi) is 5.00. The first-order chi connectivity index (χ1) is 9.91. The molecular formula is C15H14F2O2S2. The summed E-state index contributed by atoms with van der Waals surface area (Å²) in [6.07, 6.45) is 0. The average Bonchev–Trinajstić information content (AvgIpc) is 2.46. The van der Waals surface area contributed by atoms with Crippen LogP contribution in [0.2, 0.25) is 0 Å². The molecule has 0 aliphatic heterocycles. The molecule has 6 heteroatoms. The number of benzene rings is 2. The van der Waals surface area contributed by atoms with E-state index in [0.717, 1.165) is 10.6 Å². The van der Waals surface area contributed by atoms with E-state index in [1.54, 1.807) is 12.1 Å². The van der Waals surface area contributed by atoms with Crippen molar-refractivity contribution < 1.29 is 17.2 Å². The monoisotopic (exact) mass is 328 g/mol. The number of thioether (sulfide) groups is 1. The maximum atomic E-state index is 12.4. The molecule has 0 atom stereocenters. The fourth-order valence-corrected chi connectivity index (χ4v) is 3.46. The quantitative estimate of drug-likeness (QED) is 0.768. The third-order valence-corrected chi connectivity index (χ3v) is 5.50. The molecule has 0 heterocycles. The molecule has 112 valence electrons. The molecule has 2 aromatic rings. The Morgan fingerprint density at radius 3 is 2.24 bits per heavy atom. The summed E-state index contributed by atoms with van der Waals surface area (Å²) in [5.74, 6) is -2.64. The molecule has 0 N–H and O–H groups in total. The maximum absolute atomic E-state index is 12.4. The molecule has 0 spiro atoms. The van der Waals surface area contributed by atoms with Crippen molar-refractivity contribution >= 4 is 21.6 Å². The van der Waals surface area contributed by atoms with Gasteiger partial charge in [0.15, 0.2) is 0 Å². The first-order valence-electron chi connectivity index (χ1n) is 6.20. The van der Waals surface area contributed by atoms with Gasteiger partial charge in [0, 0.05) is 10.6 Å². The molecular weight excluding hydrogens is 314 g/mol. The number of hydrogen-bond donors (Lipinski definition) is 0. The molecule has 0 radical (unpaired) electrons. The predicted octanol–water partition coefficient (Wildman–Crippen LogP) is 4.28. The first kappa shape index (κ1) is 16.0. The molecule has 2 aromatic carbocycles. The average molecular weight is 328 g/mol. The lowest BCUT2D eigenvalue weighted by Crippen LogP contribution is -2.11. The van der Waals surface area contributed by atoms with E-state index in [4.69, 9.17) is 0 Å². The van der Waals surface area contributed by atoms with E-state index >= 15 is 0 Å². The van der Waals surface area contributed by atoms with Gasteiger partial charge in [0.25, 0.3) is 0 Å². The summed E-state index contributed by atoms with van der Waals surface area (Å²) in [5.41, 5.74) is 2.37. The number of sulfone groups is 1. The van der Waals surface area contributed by atoms with Gasteiger partial charge in [-0.15, -0.1) is 11.8 Å². The largest absolute Gasteiger partial charge is 0.341 e. The molecule has 2 nitrogen and oxygen atoms in total. The number of rotatable bonds is 5. The lowest BCUT2D eigenvalue weighted by molar-refractivity contribution is 0.234. The van der Waals surface area contributed by atoms with Gasteiger partial charge < -0.3 is 0 Å². The van der Waals surface area contributed by atoms with Crippen molar-refractivity contribution in [3.05, 3.63) is 59.7 Å². The van der Waals surface area contributed by atoms with Gasteiger partial charge in [0.1, 0.15) is 0 Å². The maximum Gasteiger partial charge on any atom is 0.341 e. The molecule has 21 heavy (non-hydrogen) atoms. The molecule has 0 amide bonds. The summed E-state index contributed by atoms with van der Waals surface area (Å²) < 4.78 is 47.5. The first-order valence-corrected chi connectivity index (χ1v) is 8.74. The summed E-state index contributed by atoms with van der Waals surface area (Å²) in [6, 6.07) is 13.5. The van der Waals surface area contributed by atoms with Crippen molar-refractivity contribution in [1.82, 2.24) is 0 Å². The van der Waals surface area contributed by atoms with E-state index in [1.807, 2.05) is 31.2 Å². The Labute approximate surface area is 127 Å². The van der Waals surface area contributed by atoms with E-state index < -0.39 is 15.6 Å². The van der Waals surface area contributed by atoms with Crippen molar-refractivity contribution in [2.75, 3.05) is 0 Å². The fourth-order valence-electron chi connectivity index (χ4n) is 1.76. The van der Waals surface area contributed by atoms with Crippen LogP contribution in [0, 0.1) is 6.92 Å². The standard InChI is InChI=1S/C15H14F2O2S2/c1-11-4-2-3-5-12(11)10-20-13-6-8-14(9-7-13)21(18,19)15(16)17/h2-9,15H,10H2,1H3. The van der Waals surface area contributed by atoms with Crippen LogP contribution in [0.4, 0.5) is 8.78 Å². The Morgan fingerprint density at radius 1 is 1.05 bits per heavy atom. The highest BCUT2D eigenvalue weighted by atomic mass is 32.2. The van der Waals surface area contributed by atoms with Gasteiger partial charge in [0.05, 0.1) is 4.90 Å². The van der Waals surface area contributed by atoms with Gasteiger partial charge in [-0.25, -0.2) is 8.42 Å². The minimum absolute atomic E-state index is 0.349. The second kappa shape index (κ2) is 6.58. The van der Waals surface area contributed by atoms with Crippen LogP contribution in [0.25, 0.3) is 0 Å². The van der Waals surface area contributed by atoms with E-state index in [2.05, 4.69) is 0 Å². The Balaban J connectivity index is 2.09. The summed E-state index contributed by atoms with van der Waals surface area (Å²) in [4.78, 5) is 0.490. The number of aryl methyl sites for hydroxylation is 1. The SMILES string of the molecule is Cc1ccccc1CSc1ccc(S(=O)(=O)C(F)F)cc1. The molecule has 0 fully saturated rings. The molecule has 2 rings (SSSR count). The van der Waals surface area contributed by atoms with Crippen LogP contribution in [-0.4, -0.2) is 14.2 Å². The lowest BCUT2D eigenvalue weighted by Gasteiger charge is -2.07. The zero-order valence-electron chi connectivity index (χ0n) is 11.3. The van der Waals surface area contributed by atoms with Crippen molar-refractivity contribution in [2.24, 2.45) is 0 Å². The molecule has 0 unspecified atom stereocenters. The zero-order valence-corrected chi connectivity index (χ0v) is 12.9. The van der Waals surface area contributed by atoms with Crippen molar-refractivity contribution in [1.29, 1.82) is 0 Å². The van der Waals surface area contributed by atoms with E-state index in [0.29, 0.717) is 0 Å². The highest BCUT2D eigenvalue weighted by molar-refractivity contribution is 7.98. The molecule has 0 aromatic heterocycles. The van der Waals surface area contributed by atoms with Crippen LogP contribution in [0.1, 0.15) is 11.1 Å². The van der Waals surface area contributed by atoms with Crippen LogP contribution < -0.4 is 0 Å². The molecule has 0 saturated heterocycles. The Hall–Kier alpha value is -1.40. The van der Waals surface area contributed by atoms with Gasteiger partial charge in [-0.3, -0.25) is 0 Å². The van der Waals surface area contributed by atoms with Crippen LogP contribution >= 0.6 is 11.8 Å². The number of halogens is 2. The Bertz CT molecular complexity index is 711. The van der Waals surface area contributed by atoms with Crippen molar-refractivity contribution in [3.63, 3.8) is 0 Å². The predicted molar refractivity (Wildman–Crippen MR) is 80.4 cm³/mol. The van der Waals surface area contributed by atoms with Gasteiger partial charge in [-0.05, 0) is 42.3 Å². The summed E-state index contributed by atoms with van der Waals surface area (Å²) in [5, 5.41) is 0. The highest BCUT2D eigenvalue weighted by Crippen LogP contribution is 2.26. The van der Waals surface area contributed by atoms with Crippen LogP contribution in [0.15, 0.2) is 58.3 Å². The zero-order chi connectivity index (χ0) is 15.5. The second-order valence-corrected chi connectivity index (χ2v) is 7.46. The minimum atomic E-state index is -4.51. The van der Waals surface area contributed by atoms with Crippen LogP contribution in [0.3, 0.4) is 0 Å². The third kappa shape index (κ3) is 3.83. The number of alkyl halides is 2. The molecule has 0 saturated carbocycles. The molecule has 0 aliphatic carbocycles. The third-order valence-electron chi connectivity index (χ3n) is 3.04. The summed E-state index contributed by atoms with van der Waals surface area (Å²) >= 11 is 1.53. The van der Waals surface area contributed by atoms with Crippen molar-refractivity contribution in [2.45, 2.75) is 28.2 Å². The summed E-state index contributed by atoms with van der Waals surface area (Å²) in [6.45, 7) is 2.02. The van der Waals surface area contributed by atoms with Gasteiger partial charge in [0.2, 0.25) is 9.84 Å². The fraction of sp³-hybridized carbons (Fsp3) is 0.200. The number of hydrogen-bond acceptors (Lipinski definition) is 3. The minimum Gasteiger partial charge on any atom is -0.218 e. The smallest absolute Gasteiger partial charge is 0.218 e. The molecule has 0 aliphatic rings. The summed E-state index contributed by atoms with van der Waals surface area (Å²) in [7, 11) is -4.51. The Morgan fingerprint density at radius 2 is 1.67 bits per heavy atom. The normalized spacial score (nSPS) is 11.8. The van der Waals surface area contributed by atoms with Gasteiger partial charge in [-0.1, -0.05) is 24.3 Å². The van der Waals surface area contributed by atoms with E-state index in [-0.39, 0.29) is 4.90 Å². The van der Waals surface area contributed by atoms with Gasteiger partial charge >= 0.3 is 5.76 Å². The van der Waals surface area contributed by atoms with Crippen LogP contribution in [-0.2, 0) is 15.6 Å². The van der Waals surface area contributed by atoms with Crippen LogP contribution in [0.5, 0.6) is 0 Å². The second-order valence-electron chi connectivity index (χ2n) is 4.49. The highest BCUT2D eigenvalue weighted by Gasteiger charge is 2.26. The molecule has 0 bridgehead atoms. The topological polar surface area (TPSA) is 34.1 Å². The van der Waals surface area contributed by atoms with E-state index in [9.17, 15) is 17.2 Å². The van der Waals surface area contributed by atoms with Gasteiger partial charge in [-0.2, -0.15) is 8.78 Å². The lowest BCUT2D eigenvalue weighted by atomic mass is 10.1. The van der Waals surface area contributed by atoms with E-state index in [1.165, 1.54) is 35.0 Å².